The smallest absolute Gasteiger partial charge is 0.314 e. The standard InChI is InChI=1S/C16H18ClN5O2/c1-10-8-13(20-22(10)14-5-3-2-4-12(14)17)15(23)19-11-6-7-21(9-11)16(18)24/h2-5,8,11H,6-7,9H2,1H3,(H2,18,24)(H,19,23). The van der Waals surface area contributed by atoms with Gasteiger partial charge in [0.15, 0.2) is 5.69 Å². The first kappa shape index (κ1) is 16.3. The van der Waals surface area contributed by atoms with Crippen LogP contribution in [0, 0.1) is 6.92 Å². The number of hydrogen-bond donors (Lipinski definition) is 2. The van der Waals surface area contributed by atoms with Gasteiger partial charge in [-0.15, -0.1) is 0 Å². The average Bonchev–Trinajstić information content (AvgIpc) is 3.15. The predicted molar refractivity (Wildman–Crippen MR) is 90.3 cm³/mol. The van der Waals surface area contributed by atoms with E-state index in [9.17, 15) is 9.59 Å². The van der Waals surface area contributed by atoms with E-state index in [-0.39, 0.29) is 11.9 Å². The Morgan fingerprint density at radius 3 is 2.79 bits per heavy atom. The first-order chi connectivity index (χ1) is 11.5. The van der Waals surface area contributed by atoms with Gasteiger partial charge in [-0.25, -0.2) is 9.48 Å². The summed E-state index contributed by atoms with van der Waals surface area (Å²) in [4.78, 5) is 25.1. The highest BCUT2D eigenvalue weighted by molar-refractivity contribution is 6.32. The van der Waals surface area contributed by atoms with E-state index < -0.39 is 6.03 Å². The topological polar surface area (TPSA) is 93.2 Å². The molecule has 2 heterocycles. The summed E-state index contributed by atoms with van der Waals surface area (Å²) in [5, 5.41) is 7.80. The molecule has 24 heavy (non-hydrogen) atoms. The summed E-state index contributed by atoms with van der Waals surface area (Å²) in [6.07, 6.45) is 0.679. The maximum absolute atomic E-state index is 12.4. The molecule has 3 rings (SSSR count). The summed E-state index contributed by atoms with van der Waals surface area (Å²) in [6.45, 7) is 2.83. The van der Waals surface area contributed by atoms with Crippen LogP contribution in [0.5, 0.6) is 0 Å². The molecule has 0 spiro atoms. The quantitative estimate of drug-likeness (QED) is 0.885. The minimum atomic E-state index is -0.467. The van der Waals surface area contributed by atoms with Gasteiger partial charge in [0.1, 0.15) is 0 Å². The molecule has 3 amide bonds. The Balaban J connectivity index is 1.74. The highest BCUT2D eigenvalue weighted by atomic mass is 35.5. The van der Waals surface area contributed by atoms with Gasteiger partial charge in [0.05, 0.1) is 10.7 Å². The lowest BCUT2D eigenvalue weighted by Crippen LogP contribution is -2.40. The number of carbonyl (C=O) groups is 2. The first-order valence-electron chi connectivity index (χ1n) is 7.62. The molecule has 0 radical (unpaired) electrons. The fraction of sp³-hybridized carbons (Fsp3) is 0.312. The molecule has 1 unspecified atom stereocenters. The van der Waals surface area contributed by atoms with Crippen molar-refractivity contribution >= 4 is 23.5 Å². The molecular weight excluding hydrogens is 330 g/mol. The second-order valence-corrected chi connectivity index (χ2v) is 6.18. The number of carbonyl (C=O) groups excluding carboxylic acids is 2. The van der Waals surface area contributed by atoms with E-state index in [4.69, 9.17) is 17.3 Å². The summed E-state index contributed by atoms with van der Waals surface area (Å²) in [5.74, 6) is -0.278. The number of primary amides is 1. The van der Waals surface area contributed by atoms with Crippen LogP contribution in [0.25, 0.3) is 5.69 Å². The van der Waals surface area contributed by atoms with E-state index in [0.29, 0.717) is 30.2 Å². The molecule has 1 aromatic heterocycles. The molecule has 7 nitrogen and oxygen atoms in total. The fourth-order valence-electron chi connectivity index (χ4n) is 2.79. The largest absolute Gasteiger partial charge is 0.351 e. The minimum absolute atomic E-state index is 0.115. The van der Waals surface area contributed by atoms with E-state index in [1.807, 2.05) is 25.1 Å². The number of nitrogens with zero attached hydrogens (tertiary/aromatic N) is 3. The van der Waals surface area contributed by atoms with Gasteiger partial charge in [-0.3, -0.25) is 4.79 Å². The molecule has 1 aromatic carbocycles. The number of nitrogens with two attached hydrogens (primary N) is 1. The summed E-state index contributed by atoms with van der Waals surface area (Å²) >= 11 is 6.19. The van der Waals surface area contributed by atoms with Crippen molar-refractivity contribution in [2.75, 3.05) is 13.1 Å². The van der Waals surface area contributed by atoms with Gasteiger partial charge in [0.25, 0.3) is 5.91 Å². The third-order valence-electron chi connectivity index (χ3n) is 4.04. The number of aryl methyl sites for hydroxylation is 1. The normalized spacial score (nSPS) is 17.1. The number of aromatic nitrogens is 2. The van der Waals surface area contributed by atoms with Crippen LogP contribution in [0.4, 0.5) is 4.79 Å². The SMILES string of the molecule is Cc1cc(C(=O)NC2CCN(C(N)=O)C2)nn1-c1ccccc1Cl. The van der Waals surface area contributed by atoms with E-state index in [1.165, 1.54) is 4.90 Å². The second-order valence-electron chi connectivity index (χ2n) is 5.78. The van der Waals surface area contributed by atoms with Gasteiger partial charge in [-0.1, -0.05) is 23.7 Å². The van der Waals surface area contributed by atoms with Gasteiger partial charge < -0.3 is 16.0 Å². The van der Waals surface area contributed by atoms with Crippen molar-refractivity contribution in [1.82, 2.24) is 20.0 Å². The zero-order valence-electron chi connectivity index (χ0n) is 13.2. The molecule has 2 aromatic rings. The monoisotopic (exact) mass is 347 g/mol. The van der Waals surface area contributed by atoms with Crippen LogP contribution in [-0.2, 0) is 0 Å². The molecule has 1 aliphatic heterocycles. The number of hydrogen-bond acceptors (Lipinski definition) is 3. The third-order valence-corrected chi connectivity index (χ3v) is 4.36. The van der Waals surface area contributed by atoms with Crippen LogP contribution >= 0.6 is 11.6 Å². The molecule has 8 heteroatoms. The molecule has 1 aliphatic rings. The Kier molecular flexibility index (Phi) is 4.44. The number of urea groups is 1. The van der Waals surface area contributed by atoms with Gasteiger partial charge >= 0.3 is 6.03 Å². The van der Waals surface area contributed by atoms with Crippen LogP contribution in [0.2, 0.25) is 5.02 Å². The Bertz CT molecular complexity index is 789. The van der Waals surface area contributed by atoms with Crippen molar-refractivity contribution in [3.05, 3.63) is 46.7 Å². The van der Waals surface area contributed by atoms with Gasteiger partial charge in [0.2, 0.25) is 0 Å². The van der Waals surface area contributed by atoms with Crippen molar-refractivity contribution in [2.45, 2.75) is 19.4 Å². The maximum Gasteiger partial charge on any atom is 0.314 e. The van der Waals surface area contributed by atoms with Crippen molar-refractivity contribution < 1.29 is 9.59 Å². The third kappa shape index (κ3) is 3.21. The Hall–Kier alpha value is -2.54. The fourth-order valence-corrected chi connectivity index (χ4v) is 3.01. The van der Waals surface area contributed by atoms with Crippen molar-refractivity contribution in [1.29, 1.82) is 0 Å². The Labute approximate surface area is 144 Å². The number of benzene rings is 1. The van der Waals surface area contributed by atoms with Crippen LogP contribution in [-0.4, -0.2) is 45.8 Å². The van der Waals surface area contributed by atoms with Crippen LogP contribution < -0.4 is 11.1 Å². The van der Waals surface area contributed by atoms with Crippen molar-refractivity contribution in [3.63, 3.8) is 0 Å². The number of amides is 3. The van der Waals surface area contributed by atoms with Gasteiger partial charge in [-0.2, -0.15) is 5.10 Å². The lowest BCUT2D eigenvalue weighted by molar-refractivity contribution is 0.0932. The van der Waals surface area contributed by atoms with Crippen molar-refractivity contribution in [3.8, 4) is 5.69 Å². The van der Waals surface area contributed by atoms with E-state index in [1.54, 1.807) is 16.8 Å². The highest BCUT2D eigenvalue weighted by Gasteiger charge is 2.27. The summed E-state index contributed by atoms with van der Waals surface area (Å²) in [6, 6.07) is 8.43. The Morgan fingerprint density at radius 2 is 2.12 bits per heavy atom. The maximum atomic E-state index is 12.4. The van der Waals surface area contributed by atoms with Crippen LogP contribution in [0.1, 0.15) is 22.6 Å². The predicted octanol–water partition coefficient (Wildman–Crippen LogP) is 1.72. The Morgan fingerprint density at radius 1 is 1.38 bits per heavy atom. The zero-order chi connectivity index (χ0) is 17.3. The molecule has 126 valence electrons. The molecule has 0 bridgehead atoms. The number of nitrogens with one attached hydrogen (secondary N) is 1. The number of halogens is 1. The molecule has 0 saturated carbocycles. The van der Waals surface area contributed by atoms with Crippen LogP contribution in [0.15, 0.2) is 30.3 Å². The van der Waals surface area contributed by atoms with Crippen LogP contribution in [0.3, 0.4) is 0 Å². The molecule has 1 fully saturated rings. The van der Waals surface area contributed by atoms with E-state index >= 15 is 0 Å². The van der Waals surface area contributed by atoms with E-state index in [2.05, 4.69) is 10.4 Å². The van der Waals surface area contributed by atoms with Gasteiger partial charge in [-0.05, 0) is 31.5 Å². The molecule has 1 saturated heterocycles. The lowest BCUT2D eigenvalue weighted by atomic mass is 10.2. The first-order valence-corrected chi connectivity index (χ1v) is 8.00. The number of rotatable bonds is 3. The van der Waals surface area contributed by atoms with Crippen molar-refractivity contribution in [2.24, 2.45) is 5.73 Å². The zero-order valence-corrected chi connectivity index (χ0v) is 14.0. The summed E-state index contributed by atoms with van der Waals surface area (Å²) in [7, 11) is 0. The molecule has 1 atom stereocenters. The van der Waals surface area contributed by atoms with Gasteiger partial charge in [0, 0.05) is 24.8 Å². The number of likely N-dealkylation sites (tertiary alicyclic amines) is 1. The number of para-hydroxylation sites is 1. The summed E-state index contributed by atoms with van der Waals surface area (Å²) < 4.78 is 1.64. The lowest BCUT2D eigenvalue weighted by Gasteiger charge is -2.13. The minimum Gasteiger partial charge on any atom is -0.351 e. The molecular formula is C16H18ClN5O2. The second kappa shape index (κ2) is 6.52. The van der Waals surface area contributed by atoms with E-state index in [0.717, 1.165) is 11.4 Å². The molecule has 3 N–H and O–H groups in total. The summed E-state index contributed by atoms with van der Waals surface area (Å²) in [5.41, 5.74) is 7.08. The average molecular weight is 348 g/mol. The molecule has 0 aliphatic carbocycles. The highest BCUT2D eigenvalue weighted by Crippen LogP contribution is 2.21.